The molecule has 6 aromatic rings. The van der Waals surface area contributed by atoms with Gasteiger partial charge in [-0.15, -0.1) is 0 Å². The van der Waals surface area contributed by atoms with Crippen LogP contribution in [-0.2, 0) is 21.0 Å². The highest BCUT2D eigenvalue weighted by molar-refractivity contribution is 5.75. The van der Waals surface area contributed by atoms with Gasteiger partial charge in [0.25, 0.3) is 5.97 Å². The number of aryl methyl sites for hydroxylation is 6. The molecule has 53 heavy (non-hydrogen) atoms. The Bertz CT molecular complexity index is 2040. The number of hydrogen-bond acceptors (Lipinski definition) is 4. The zero-order valence-corrected chi connectivity index (χ0v) is 31.3. The summed E-state index contributed by atoms with van der Waals surface area (Å²) in [6.07, 6.45) is -0.490. The average molecular weight is 705 g/mol. The van der Waals surface area contributed by atoms with Crippen molar-refractivity contribution in [3.8, 4) is 0 Å². The second-order valence-electron chi connectivity index (χ2n) is 14.8. The van der Waals surface area contributed by atoms with Crippen molar-refractivity contribution in [2.45, 2.75) is 70.2 Å². The number of rotatable bonds is 11. The number of aliphatic hydroxyl groups is 3. The fourth-order valence-corrected chi connectivity index (χ4v) is 8.70. The highest BCUT2D eigenvalue weighted by atomic mass is 16.7. The first kappa shape index (κ1) is 37.4. The van der Waals surface area contributed by atoms with E-state index in [2.05, 4.69) is 0 Å². The third-order valence-corrected chi connectivity index (χ3v) is 11.1. The Morgan fingerprint density at radius 2 is 0.585 bits per heavy atom. The summed E-state index contributed by atoms with van der Waals surface area (Å²) in [4.78, 5) is 13.9. The van der Waals surface area contributed by atoms with Crippen molar-refractivity contribution in [2.24, 2.45) is 0 Å². The molecule has 0 radical (unpaired) electrons. The van der Waals surface area contributed by atoms with E-state index in [-0.39, 0.29) is 0 Å². The quantitative estimate of drug-likeness (QED) is 0.101. The first-order valence-electron chi connectivity index (χ1n) is 18.0. The van der Waals surface area contributed by atoms with Gasteiger partial charge in [-0.25, -0.2) is 0 Å². The number of hydrogen-bond donors (Lipinski definition) is 4. The van der Waals surface area contributed by atoms with Crippen molar-refractivity contribution in [2.75, 3.05) is 0 Å². The third-order valence-electron chi connectivity index (χ3n) is 11.1. The monoisotopic (exact) mass is 704 g/mol. The molecule has 5 heteroatoms. The molecule has 0 atom stereocenters. The van der Waals surface area contributed by atoms with E-state index >= 15 is 0 Å². The van der Waals surface area contributed by atoms with E-state index in [4.69, 9.17) is 0 Å². The van der Waals surface area contributed by atoms with Crippen molar-refractivity contribution in [1.82, 2.24) is 0 Å². The fourth-order valence-electron chi connectivity index (χ4n) is 8.70. The van der Waals surface area contributed by atoms with Crippen molar-refractivity contribution in [3.63, 3.8) is 0 Å². The highest BCUT2D eigenvalue weighted by Crippen LogP contribution is 2.67. The summed E-state index contributed by atoms with van der Waals surface area (Å²) in [5.74, 6) is -4.61. The van der Waals surface area contributed by atoms with Crippen molar-refractivity contribution in [1.29, 1.82) is 0 Å². The van der Waals surface area contributed by atoms with Gasteiger partial charge in [0.2, 0.25) is 0 Å². The molecule has 0 spiro atoms. The molecule has 0 aliphatic heterocycles. The van der Waals surface area contributed by atoms with Crippen LogP contribution < -0.4 is 0 Å². The summed E-state index contributed by atoms with van der Waals surface area (Å²) in [6.45, 7) is 11.8. The van der Waals surface area contributed by atoms with Crippen LogP contribution in [0.5, 0.6) is 0 Å². The van der Waals surface area contributed by atoms with Gasteiger partial charge in [-0.2, -0.15) is 0 Å². The predicted octanol–water partition coefficient (Wildman–Crippen LogP) is 8.90. The molecular weight excluding hydrogens is 657 g/mol. The Hall–Kier alpha value is -5.33. The molecule has 0 aliphatic carbocycles. The Kier molecular flexibility index (Phi) is 10.1. The number of carboxylic acid groups (broad SMARTS) is 1. The zero-order valence-electron chi connectivity index (χ0n) is 31.3. The van der Waals surface area contributed by atoms with Crippen LogP contribution in [0.4, 0.5) is 0 Å². The fraction of sp³-hybridized carbons (Fsp3) is 0.229. The Morgan fingerprint density at radius 1 is 0.377 bits per heavy atom. The maximum atomic E-state index is 13.9. The Morgan fingerprint density at radius 3 is 0.792 bits per heavy atom. The van der Waals surface area contributed by atoms with E-state index in [9.17, 15) is 25.2 Å². The minimum Gasteiger partial charge on any atom is -0.481 e. The first-order chi connectivity index (χ1) is 25.2. The van der Waals surface area contributed by atoms with E-state index in [1.807, 2.05) is 187 Å². The second kappa shape index (κ2) is 14.2. The Labute approximate surface area is 312 Å². The predicted molar refractivity (Wildman–Crippen MR) is 211 cm³/mol. The van der Waals surface area contributed by atoms with Gasteiger partial charge in [0, 0.05) is 5.41 Å². The first-order valence-corrected chi connectivity index (χ1v) is 18.0. The summed E-state index contributed by atoms with van der Waals surface area (Å²) < 4.78 is 0. The maximum Gasteiger partial charge on any atom is 0.304 e. The molecule has 0 amide bonds. The molecule has 6 aromatic carbocycles. The summed E-state index contributed by atoms with van der Waals surface area (Å²) in [6, 6.07) is 46.0. The molecule has 0 heterocycles. The van der Waals surface area contributed by atoms with Crippen LogP contribution in [0.2, 0.25) is 0 Å². The lowest BCUT2D eigenvalue weighted by Crippen LogP contribution is -2.72. The van der Waals surface area contributed by atoms with Crippen molar-refractivity contribution in [3.05, 3.63) is 212 Å². The van der Waals surface area contributed by atoms with Gasteiger partial charge < -0.3 is 20.4 Å². The van der Waals surface area contributed by atoms with Gasteiger partial charge in [0.1, 0.15) is 5.41 Å². The van der Waals surface area contributed by atoms with Crippen LogP contribution in [0.1, 0.15) is 73.2 Å². The number of carbonyl (C=O) groups is 1. The van der Waals surface area contributed by atoms with E-state index in [0.29, 0.717) is 33.4 Å². The SMILES string of the molecule is Cc1ccc(C(CC(=O)O)(c2ccc(C)cc2)C(c2ccc(C)cc2)(c2ccc(C)cc2)C(c2ccc(C)cc2)(c2ccc(C)cc2)C(O)(O)O)cc1. The van der Waals surface area contributed by atoms with Crippen molar-refractivity contribution < 1.29 is 25.2 Å². The molecule has 0 aliphatic rings. The third kappa shape index (κ3) is 6.19. The number of benzene rings is 6. The molecule has 0 aromatic heterocycles. The standard InChI is InChI=1S/C48H48O5/c1-32-7-19-38(20-8-32)45(31-44(49)50,39-21-9-33(2)10-22-39)46(40-23-11-34(3)12-24-40,41-25-13-35(4)14-26-41)47(48(51,52)53,42-27-15-36(5)16-28-42)43-29-17-37(6)18-30-43/h7-30,51-53H,31H2,1-6H3,(H,49,50). The van der Waals surface area contributed by atoms with E-state index in [0.717, 1.165) is 33.4 Å². The highest BCUT2D eigenvalue weighted by Gasteiger charge is 2.74. The molecule has 6 rings (SSSR count). The topological polar surface area (TPSA) is 98.0 Å². The minimum absolute atomic E-state index is 0.384. The summed E-state index contributed by atoms with van der Waals surface area (Å²) in [5, 5.41) is 49.4. The lowest BCUT2D eigenvalue weighted by atomic mass is 9.38. The van der Waals surface area contributed by atoms with Crippen LogP contribution in [0.25, 0.3) is 0 Å². The van der Waals surface area contributed by atoms with Crippen LogP contribution in [0.3, 0.4) is 0 Å². The van der Waals surface area contributed by atoms with Crippen molar-refractivity contribution >= 4 is 5.97 Å². The molecular formula is C48H48O5. The van der Waals surface area contributed by atoms with Gasteiger partial charge in [0.05, 0.1) is 11.8 Å². The average Bonchev–Trinajstić information content (AvgIpc) is 3.12. The lowest BCUT2D eigenvalue weighted by molar-refractivity contribution is -0.356. The summed E-state index contributed by atoms with van der Waals surface area (Å²) in [7, 11) is 0. The number of carboxylic acids is 1. The van der Waals surface area contributed by atoms with Crippen LogP contribution in [0.15, 0.2) is 146 Å². The van der Waals surface area contributed by atoms with Crippen LogP contribution in [0, 0.1) is 41.5 Å². The molecule has 4 N–H and O–H groups in total. The summed E-state index contributed by atoms with van der Waals surface area (Å²) in [5.41, 5.74) is 3.23. The molecule has 270 valence electrons. The smallest absolute Gasteiger partial charge is 0.304 e. The zero-order chi connectivity index (χ0) is 38.2. The normalized spacial score (nSPS) is 12.5. The van der Waals surface area contributed by atoms with Crippen LogP contribution >= 0.6 is 0 Å². The lowest BCUT2D eigenvalue weighted by Gasteiger charge is -2.63. The molecule has 0 saturated carbocycles. The molecule has 0 fully saturated rings. The Balaban J connectivity index is 2.08. The maximum absolute atomic E-state index is 13.9. The van der Waals surface area contributed by atoms with Gasteiger partial charge in [-0.05, 0) is 74.9 Å². The van der Waals surface area contributed by atoms with Gasteiger partial charge in [0.15, 0.2) is 0 Å². The van der Waals surface area contributed by atoms with Gasteiger partial charge in [-0.1, -0.05) is 179 Å². The van der Waals surface area contributed by atoms with E-state index < -0.39 is 34.6 Å². The molecule has 0 saturated heterocycles. The summed E-state index contributed by atoms with van der Waals surface area (Å²) >= 11 is 0. The molecule has 0 bridgehead atoms. The molecule has 0 unspecified atom stereocenters. The van der Waals surface area contributed by atoms with E-state index in [1.54, 1.807) is 0 Å². The largest absolute Gasteiger partial charge is 0.481 e. The van der Waals surface area contributed by atoms with E-state index in [1.165, 1.54) is 0 Å². The minimum atomic E-state index is -3.51. The second-order valence-corrected chi connectivity index (χ2v) is 14.8. The molecule has 5 nitrogen and oxygen atoms in total. The number of aliphatic carboxylic acids is 1. The van der Waals surface area contributed by atoms with Crippen LogP contribution in [-0.4, -0.2) is 32.4 Å². The van der Waals surface area contributed by atoms with Gasteiger partial charge in [-0.3, -0.25) is 4.79 Å². The van der Waals surface area contributed by atoms with Gasteiger partial charge >= 0.3 is 5.97 Å².